The highest BCUT2D eigenvalue weighted by molar-refractivity contribution is 5.79. The Labute approximate surface area is 138 Å². The molecule has 2 aromatic rings. The molecule has 0 radical (unpaired) electrons. The second-order valence-corrected chi connectivity index (χ2v) is 5.82. The van der Waals surface area contributed by atoms with E-state index >= 15 is 0 Å². The van der Waals surface area contributed by atoms with Gasteiger partial charge in [0.15, 0.2) is 5.96 Å². The van der Waals surface area contributed by atoms with Crippen molar-refractivity contribution in [3.8, 4) is 0 Å². The molecule has 2 N–H and O–H groups in total. The molecule has 1 atom stereocenters. The quantitative estimate of drug-likeness (QED) is 0.469. The topological polar surface area (TPSA) is 54.2 Å². The van der Waals surface area contributed by atoms with Gasteiger partial charge in [0.1, 0.15) is 0 Å². The van der Waals surface area contributed by atoms with Crippen molar-refractivity contribution in [3.63, 3.8) is 0 Å². The molecule has 1 aromatic heterocycles. The second-order valence-electron chi connectivity index (χ2n) is 5.82. The number of nitrogens with one attached hydrogen (secondary N) is 2. The van der Waals surface area contributed by atoms with E-state index in [9.17, 15) is 0 Å². The SMILES string of the molecule is CN=C(NCCCn1cccn1)NCC(C)c1cccc(C)c1. The lowest BCUT2D eigenvalue weighted by Crippen LogP contribution is -2.39. The molecule has 0 aliphatic carbocycles. The smallest absolute Gasteiger partial charge is 0.190 e. The normalized spacial score (nSPS) is 12.9. The molecule has 0 saturated heterocycles. The molecular weight excluding hydrogens is 286 g/mol. The number of benzene rings is 1. The Morgan fingerprint density at radius 2 is 2.17 bits per heavy atom. The van der Waals surface area contributed by atoms with E-state index in [-0.39, 0.29) is 0 Å². The Bertz CT molecular complexity index is 604. The summed E-state index contributed by atoms with van der Waals surface area (Å²) in [6.45, 7) is 7.01. The van der Waals surface area contributed by atoms with Crippen molar-refractivity contribution in [1.82, 2.24) is 20.4 Å². The van der Waals surface area contributed by atoms with E-state index in [1.165, 1.54) is 11.1 Å². The van der Waals surface area contributed by atoms with Crippen LogP contribution in [0.1, 0.15) is 30.4 Å². The summed E-state index contributed by atoms with van der Waals surface area (Å²) in [5, 5.41) is 10.9. The van der Waals surface area contributed by atoms with E-state index < -0.39 is 0 Å². The zero-order chi connectivity index (χ0) is 16.5. The minimum Gasteiger partial charge on any atom is -0.356 e. The van der Waals surface area contributed by atoms with Gasteiger partial charge in [-0.25, -0.2) is 0 Å². The molecule has 0 spiro atoms. The Kier molecular flexibility index (Phi) is 6.66. The first kappa shape index (κ1) is 17.1. The summed E-state index contributed by atoms with van der Waals surface area (Å²) < 4.78 is 1.94. The molecule has 0 aliphatic rings. The largest absolute Gasteiger partial charge is 0.356 e. The van der Waals surface area contributed by atoms with Crippen LogP contribution in [-0.2, 0) is 6.54 Å². The summed E-state index contributed by atoms with van der Waals surface area (Å²) in [6, 6.07) is 10.6. The van der Waals surface area contributed by atoms with Gasteiger partial charge in [0.05, 0.1) is 0 Å². The van der Waals surface area contributed by atoms with Gasteiger partial charge in [-0.3, -0.25) is 9.67 Å². The zero-order valence-electron chi connectivity index (χ0n) is 14.3. The minimum atomic E-state index is 0.442. The van der Waals surface area contributed by atoms with E-state index in [1.54, 1.807) is 13.2 Å². The number of nitrogens with zero attached hydrogens (tertiary/aromatic N) is 3. The first-order valence-corrected chi connectivity index (χ1v) is 8.17. The van der Waals surface area contributed by atoms with E-state index in [2.05, 4.69) is 58.8 Å². The fourth-order valence-corrected chi connectivity index (χ4v) is 2.45. The summed E-state index contributed by atoms with van der Waals surface area (Å²) in [6.07, 6.45) is 4.80. The Morgan fingerprint density at radius 1 is 1.30 bits per heavy atom. The Hall–Kier alpha value is -2.30. The lowest BCUT2D eigenvalue weighted by Gasteiger charge is -2.16. The number of aromatic nitrogens is 2. The highest BCUT2D eigenvalue weighted by atomic mass is 15.3. The first-order valence-electron chi connectivity index (χ1n) is 8.17. The van der Waals surface area contributed by atoms with Gasteiger partial charge in [-0.2, -0.15) is 5.10 Å². The van der Waals surface area contributed by atoms with Crippen molar-refractivity contribution in [2.24, 2.45) is 4.99 Å². The van der Waals surface area contributed by atoms with E-state index in [1.807, 2.05) is 16.9 Å². The molecule has 1 unspecified atom stereocenters. The molecule has 5 heteroatoms. The summed E-state index contributed by atoms with van der Waals surface area (Å²) >= 11 is 0. The van der Waals surface area contributed by atoms with Crippen molar-refractivity contribution in [3.05, 3.63) is 53.9 Å². The fourth-order valence-electron chi connectivity index (χ4n) is 2.45. The summed E-state index contributed by atoms with van der Waals surface area (Å²) in [5.74, 6) is 1.29. The van der Waals surface area contributed by atoms with Gasteiger partial charge in [-0.15, -0.1) is 0 Å². The number of rotatable bonds is 7. The predicted molar refractivity (Wildman–Crippen MR) is 95.8 cm³/mol. The van der Waals surface area contributed by atoms with Crippen LogP contribution in [-0.4, -0.2) is 35.9 Å². The Balaban J connectivity index is 1.70. The molecule has 23 heavy (non-hydrogen) atoms. The molecule has 124 valence electrons. The van der Waals surface area contributed by atoms with Gasteiger partial charge in [-0.05, 0) is 30.9 Å². The number of hydrogen-bond donors (Lipinski definition) is 2. The maximum absolute atomic E-state index is 4.28. The maximum atomic E-state index is 4.28. The summed E-state index contributed by atoms with van der Waals surface area (Å²) in [4.78, 5) is 4.28. The van der Waals surface area contributed by atoms with Crippen LogP contribution in [0.25, 0.3) is 0 Å². The lowest BCUT2D eigenvalue weighted by atomic mass is 9.99. The molecule has 0 bridgehead atoms. The van der Waals surface area contributed by atoms with Crippen LogP contribution in [0.4, 0.5) is 0 Å². The molecule has 1 heterocycles. The average molecular weight is 313 g/mol. The van der Waals surface area contributed by atoms with Gasteiger partial charge in [0.25, 0.3) is 0 Å². The van der Waals surface area contributed by atoms with Crippen LogP contribution in [0.15, 0.2) is 47.7 Å². The maximum Gasteiger partial charge on any atom is 0.190 e. The zero-order valence-corrected chi connectivity index (χ0v) is 14.3. The van der Waals surface area contributed by atoms with Crippen LogP contribution >= 0.6 is 0 Å². The molecule has 5 nitrogen and oxygen atoms in total. The number of hydrogen-bond acceptors (Lipinski definition) is 2. The van der Waals surface area contributed by atoms with Crippen molar-refractivity contribution in [2.75, 3.05) is 20.1 Å². The first-order chi connectivity index (χ1) is 11.2. The predicted octanol–water partition coefficient (Wildman–Crippen LogP) is 2.55. The van der Waals surface area contributed by atoms with Crippen molar-refractivity contribution >= 4 is 5.96 Å². The number of aryl methyl sites for hydroxylation is 2. The Morgan fingerprint density at radius 3 is 2.87 bits per heavy atom. The molecular formula is C18H27N5. The monoisotopic (exact) mass is 313 g/mol. The van der Waals surface area contributed by atoms with Gasteiger partial charge < -0.3 is 10.6 Å². The van der Waals surface area contributed by atoms with Crippen molar-refractivity contribution < 1.29 is 0 Å². The van der Waals surface area contributed by atoms with Crippen LogP contribution < -0.4 is 10.6 Å². The van der Waals surface area contributed by atoms with E-state index in [0.717, 1.165) is 32.0 Å². The fraction of sp³-hybridized carbons (Fsp3) is 0.444. The van der Waals surface area contributed by atoms with Crippen LogP contribution in [0.2, 0.25) is 0 Å². The van der Waals surface area contributed by atoms with Gasteiger partial charge in [0.2, 0.25) is 0 Å². The van der Waals surface area contributed by atoms with Crippen molar-refractivity contribution in [1.29, 1.82) is 0 Å². The van der Waals surface area contributed by atoms with E-state index in [4.69, 9.17) is 0 Å². The van der Waals surface area contributed by atoms with Crippen LogP contribution in [0, 0.1) is 6.92 Å². The number of guanidine groups is 1. The molecule has 2 rings (SSSR count). The van der Waals surface area contributed by atoms with E-state index in [0.29, 0.717) is 5.92 Å². The van der Waals surface area contributed by atoms with Gasteiger partial charge >= 0.3 is 0 Å². The standard InChI is InChI=1S/C18H27N5/c1-15-7-4-8-17(13-15)16(2)14-21-18(19-3)20-9-5-11-23-12-6-10-22-23/h4,6-8,10,12-13,16H,5,9,11,14H2,1-3H3,(H2,19,20,21). The third kappa shape index (κ3) is 5.77. The van der Waals surface area contributed by atoms with Crippen LogP contribution in [0.5, 0.6) is 0 Å². The average Bonchev–Trinajstić information content (AvgIpc) is 3.07. The summed E-state index contributed by atoms with van der Waals surface area (Å²) in [5.41, 5.74) is 2.65. The highest BCUT2D eigenvalue weighted by Crippen LogP contribution is 2.15. The number of aliphatic imine (C=N–C) groups is 1. The highest BCUT2D eigenvalue weighted by Gasteiger charge is 2.06. The summed E-state index contributed by atoms with van der Waals surface area (Å²) in [7, 11) is 1.81. The molecule has 0 fully saturated rings. The third-order valence-electron chi connectivity index (χ3n) is 3.83. The molecule has 0 aliphatic heterocycles. The molecule has 1 aromatic carbocycles. The van der Waals surface area contributed by atoms with Crippen LogP contribution in [0.3, 0.4) is 0 Å². The van der Waals surface area contributed by atoms with Crippen molar-refractivity contribution in [2.45, 2.75) is 32.7 Å². The molecule has 0 saturated carbocycles. The second kappa shape index (κ2) is 8.98. The lowest BCUT2D eigenvalue weighted by molar-refractivity contribution is 0.569. The molecule has 0 amide bonds. The van der Waals surface area contributed by atoms with Gasteiger partial charge in [-0.1, -0.05) is 36.8 Å². The third-order valence-corrected chi connectivity index (χ3v) is 3.83. The minimum absolute atomic E-state index is 0.442. The van der Waals surface area contributed by atoms with Gasteiger partial charge in [0, 0.05) is 39.1 Å².